The predicted octanol–water partition coefficient (Wildman–Crippen LogP) is 11.4. The number of methoxy groups -OCH3 is 1. The molecule has 0 spiro atoms. The van der Waals surface area contributed by atoms with Gasteiger partial charge in [0.15, 0.2) is 0 Å². The van der Waals surface area contributed by atoms with Gasteiger partial charge in [0.1, 0.15) is 5.75 Å². The molecule has 2 saturated carbocycles. The van der Waals surface area contributed by atoms with Crippen LogP contribution in [0.4, 0.5) is 0 Å². The topological polar surface area (TPSA) is 9.23 Å². The van der Waals surface area contributed by atoms with E-state index >= 15 is 0 Å². The molecule has 2 aromatic rings. The molecule has 0 N–H and O–H groups in total. The Labute approximate surface area is 242 Å². The average Bonchev–Trinajstić information content (AvgIpc) is 2.92. The van der Waals surface area contributed by atoms with Crippen LogP contribution in [0.2, 0.25) is 0 Å². The van der Waals surface area contributed by atoms with Crippen molar-refractivity contribution in [2.75, 3.05) is 7.11 Å². The Kier molecular flexibility index (Phi) is 10.3. The largest absolute Gasteiger partial charge is 0.496 e. The van der Waals surface area contributed by atoms with E-state index in [2.05, 4.69) is 74.4 Å². The van der Waals surface area contributed by atoms with Gasteiger partial charge in [-0.3, -0.25) is 0 Å². The first-order chi connectivity index (χ1) is 18.6. The Balaban J connectivity index is 2.13. The fourth-order valence-electron chi connectivity index (χ4n) is 7.67. The van der Waals surface area contributed by atoms with Crippen molar-refractivity contribution in [3.63, 3.8) is 0 Å². The third kappa shape index (κ3) is 6.15. The van der Waals surface area contributed by atoms with Crippen LogP contribution in [0.25, 0.3) is 11.1 Å². The highest BCUT2D eigenvalue weighted by Crippen LogP contribution is 2.59. The van der Waals surface area contributed by atoms with Crippen molar-refractivity contribution < 1.29 is 4.74 Å². The summed E-state index contributed by atoms with van der Waals surface area (Å²) in [5.41, 5.74) is 13.8. The molecule has 0 bridgehead atoms. The summed E-state index contributed by atoms with van der Waals surface area (Å²) < 4.78 is 6.23. The maximum Gasteiger partial charge on any atom is 0.125 e. The summed E-state index contributed by atoms with van der Waals surface area (Å²) in [5, 5.41) is 1.73. The molecule has 0 atom stereocenters. The standard InChI is InChI=1S/C37H57OP/c1-23(2)29-21-32(24(3)4)35(33(22-29)25(5)6)34-26(7)27(8)36(38-10)28(9)37(34)39(30-17-13-11-14-18-30)31-19-15-12-16-20-31/h21-25,30-31H,11-20H2,1-10H3. The van der Waals surface area contributed by atoms with Crippen molar-refractivity contribution in [3.8, 4) is 16.9 Å². The summed E-state index contributed by atoms with van der Waals surface area (Å²) in [7, 11) is 1.63. The highest BCUT2D eigenvalue weighted by molar-refractivity contribution is 7.67. The molecule has 2 aliphatic carbocycles. The lowest BCUT2D eigenvalue weighted by Gasteiger charge is -2.42. The molecule has 4 rings (SSSR count). The highest BCUT2D eigenvalue weighted by Gasteiger charge is 2.37. The average molecular weight is 549 g/mol. The lowest BCUT2D eigenvalue weighted by molar-refractivity contribution is 0.408. The molecule has 0 unspecified atom stereocenters. The van der Waals surface area contributed by atoms with Gasteiger partial charge in [0.25, 0.3) is 0 Å². The van der Waals surface area contributed by atoms with Crippen LogP contribution in [0.5, 0.6) is 5.75 Å². The second kappa shape index (κ2) is 13.1. The minimum Gasteiger partial charge on any atom is -0.496 e. The predicted molar refractivity (Wildman–Crippen MR) is 175 cm³/mol. The fraction of sp³-hybridized carbons (Fsp3) is 0.676. The SMILES string of the molecule is COc1c(C)c(C)c(-c2c(C(C)C)cc(C(C)C)cc2C(C)C)c(P(C2CCCCC2)C2CCCCC2)c1C. The van der Waals surface area contributed by atoms with E-state index in [1.165, 1.54) is 86.5 Å². The monoisotopic (exact) mass is 548 g/mol. The van der Waals surface area contributed by atoms with Crippen molar-refractivity contribution in [1.82, 2.24) is 0 Å². The van der Waals surface area contributed by atoms with Gasteiger partial charge >= 0.3 is 0 Å². The van der Waals surface area contributed by atoms with Gasteiger partial charge in [-0.1, -0.05) is 100 Å². The van der Waals surface area contributed by atoms with Crippen LogP contribution >= 0.6 is 7.92 Å². The maximum absolute atomic E-state index is 6.23. The Bertz CT molecular complexity index is 1080. The van der Waals surface area contributed by atoms with E-state index < -0.39 is 0 Å². The van der Waals surface area contributed by atoms with Crippen molar-refractivity contribution in [2.24, 2.45) is 0 Å². The quantitative estimate of drug-likeness (QED) is 0.298. The molecule has 0 radical (unpaired) electrons. The van der Waals surface area contributed by atoms with E-state index in [0.29, 0.717) is 17.8 Å². The minimum atomic E-state index is -0.271. The molecule has 2 aromatic carbocycles. The van der Waals surface area contributed by atoms with E-state index in [9.17, 15) is 0 Å². The number of hydrogen-bond donors (Lipinski definition) is 0. The van der Waals surface area contributed by atoms with Crippen LogP contribution in [0.1, 0.15) is 157 Å². The van der Waals surface area contributed by atoms with E-state index in [1.807, 2.05) is 7.11 Å². The molecule has 39 heavy (non-hydrogen) atoms. The number of rotatable bonds is 8. The molecule has 1 nitrogen and oxygen atoms in total. The Hall–Kier alpha value is -1.33. The zero-order valence-electron chi connectivity index (χ0n) is 27.0. The van der Waals surface area contributed by atoms with Gasteiger partial charge < -0.3 is 4.74 Å². The van der Waals surface area contributed by atoms with Gasteiger partial charge in [-0.15, -0.1) is 0 Å². The molecular formula is C37H57OP. The van der Waals surface area contributed by atoms with Crippen LogP contribution in [0, 0.1) is 20.8 Å². The second-order valence-electron chi connectivity index (χ2n) is 13.7. The first kappa shape index (κ1) is 30.6. The summed E-state index contributed by atoms with van der Waals surface area (Å²) in [5.74, 6) is 2.67. The zero-order chi connectivity index (χ0) is 28.4. The number of benzene rings is 2. The zero-order valence-corrected chi connectivity index (χ0v) is 27.9. The van der Waals surface area contributed by atoms with Crippen LogP contribution in [-0.2, 0) is 0 Å². The van der Waals surface area contributed by atoms with Gasteiger partial charge in [-0.25, -0.2) is 0 Å². The summed E-state index contributed by atoms with van der Waals surface area (Å²) >= 11 is 0. The lowest BCUT2D eigenvalue weighted by atomic mass is 9.79. The third-order valence-electron chi connectivity index (χ3n) is 9.99. The third-order valence-corrected chi connectivity index (χ3v) is 13.7. The molecule has 2 heteroatoms. The Morgan fingerprint density at radius 2 is 1.08 bits per heavy atom. The fourth-order valence-corrected chi connectivity index (χ4v) is 11.9. The molecule has 0 aromatic heterocycles. The van der Waals surface area contributed by atoms with Crippen molar-refractivity contribution >= 4 is 13.2 Å². The molecule has 0 saturated heterocycles. The molecule has 0 heterocycles. The van der Waals surface area contributed by atoms with Gasteiger partial charge in [0.05, 0.1) is 7.11 Å². The highest BCUT2D eigenvalue weighted by atomic mass is 31.1. The van der Waals surface area contributed by atoms with Gasteiger partial charge in [0.2, 0.25) is 0 Å². The normalized spacial score (nSPS) is 17.7. The van der Waals surface area contributed by atoms with E-state index in [-0.39, 0.29) is 7.92 Å². The summed E-state index contributed by atoms with van der Waals surface area (Å²) in [6.07, 6.45) is 14.2. The molecule has 0 amide bonds. The van der Waals surface area contributed by atoms with Gasteiger partial charge in [-0.05, 0) is 125 Å². The van der Waals surface area contributed by atoms with Crippen LogP contribution in [-0.4, -0.2) is 18.4 Å². The molecule has 2 aliphatic rings. The van der Waals surface area contributed by atoms with Gasteiger partial charge in [-0.2, -0.15) is 0 Å². The Morgan fingerprint density at radius 1 is 0.615 bits per heavy atom. The molecule has 216 valence electrons. The van der Waals surface area contributed by atoms with E-state index in [4.69, 9.17) is 4.74 Å². The Morgan fingerprint density at radius 3 is 1.46 bits per heavy atom. The lowest BCUT2D eigenvalue weighted by Crippen LogP contribution is -2.30. The van der Waals surface area contributed by atoms with E-state index in [1.54, 1.807) is 27.6 Å². The minimum absolute atomic E-state index is 0.271. The van der Waals surface area contributed by atoms with Gasteiger partial charge in [0, 0.05) is 0 Å². The first-order valence-electron chi connectivity index (χ1n) is 16.2. The van der Waals surface area contributed by atoms with Crippen molar-refractivity contribution in [2.45, 2.75) is 156 Å². The molecular weight excluding hydrogens is 491 g/mol. The summed E-state index contributed by atoms with van der Waals surface area (Å²) in [6, 6.07) is 5.14. The van der Waals surface area contributed by atoms with E-state index in [0.717, 1.165) is 17.1 Å². The maximum atomic E-state index is 6.23. The van der Waals surface area contributed by atoms with Crippen LogP contribution in [0.3, 0.4) is 0 Å². The van der Waals surface area contributed by atoms with Crippen LogP contribution < -0.4 is 10.0 Å². The number of ether oxygens (including phenoxy) is 1. The summed E-state index contributed by atoms with van der Waals surface area (Å²) in [6.45, 7) is 21.5. The van der Waals surface area contributed by atoms with Crippen LogP contribution in [0.15, 0.2) is 12.1 Å². The van der Waals surface area contributed by atoms with Crippen molar-refractivity contribution in [3.05, 3.63) is 45.5 Å². The first-order valence-corrected chi connectivity index (χ1v) is 17.7. The summed E-state index contributed by atoms with van der Waals surface area (Å²) in [4.78, 5) is 0. The second-order valence-corrected chi connectivity index (χ2v) is 16.4. The molecule has 0 aliphatic heterocycles. The number of hydrogen-bond acceptors (Lipinski definition) is 1. The van der Waals surface area contributed by atoms with Crippen molar-refractivity contribution in [1.29, 1.82) is 0 Å². The molecule has 2 fully saturated rings. The smallest absolute Gasteiger partial charge is 0.125 e.